The largest absolute Gasteiger partial charge is 0.320 e. The van der Waals surface area contributed by atoms with Crippen molar-refractivity contribution >= 4 is 15.9 Å². The molecule has 0 radical (unpaired) electrons. The first kappa shape index (κ1) is 15.5. The number of aryl methyl sites for hydroxylation is 1. The van der Waals surface area contributed by atoms with Crippen molar-refractivity contribution in [1.29, 1.82) is 0 Å². The van der Waals surface area contributed by atoms with Gasteiger partial charge in [-0.05, 0) is 31.0 Å². The third-order valence-corrected chi connectivity index (χ3v) is 3.45. The van der Waals surface area contributed by atoms with Crippen molar-refractivity contribution in [2.75, 3.05) is 17.8 Å². The van der Waals surface area contributed by atoms with E-state index in [2.05, 4.69) is 21.3 Å². The van der Waals surface area contributed by atoms with E-state index in [1.54, 1.807) is 12.1 Å². The average molecular weight is 281 g/mol. The molecule has 19 heavy (non-hydrogen) atoms. The molecule has 0 fully saturated rings. The van der Waals surface area contributed by atoms with Crippen molar-refractivity contribution in [3.63, 3.8) is 0 Å². The van der Waals surface area contributed by atoms with Crippen LogP contribution in [0.3, 0.4) is 0 Å². The van der Waals surface area contributed by atoms with Crippen LogP contribution in [0.2, 0.25) is 0 Å². The third kappa shape index (κ3) is 5.30. The summed E-state index contributed by atoms with van der Waals surface area (Å²) in [5.74, 6) is 5.67. The molecule has 0 heterocycles. The van der Waals surface area contributed by atoms with Gasteiger partial charge in [-0.3, -0.25) is 4.72 Å². The lowest BCUT2D eigenvalue weighted by molar-refractivity contribution is 0.586. The molecule has 1 rings (SSSR count). The third-order valence-electron chi connectivity index (χ3n) is 2.36. The van der Waals surface area contributed by atoms with E-state index < -0.39 is 10.2 Å². The Morgan fingerprint density at radius 3 is 2.74 bits per heavy atom. The van der Waals surface area contributed by atoms with Gasteiger partial charge in [0.2, 0.25) is 0 Å². The minimum absolute atomic E-state index is 0.271. The Bertz CT molecular complexity index is 586. The monoisotopic (exact) mass is 281 g/mol. The molecule has 0 bridgehead atoms. The normalized spacial score (nSPS) is 10.7. The second kappa shape index (κ2) is 7.14. The Kier molecular flexibility index (Phi) is 5.83. The number of benzene rings is 1. The predicted octanol–water partition coefficient (Wildman–Crippen LogP) is 0.962. The second-order valence-corrected chi connectivity index (χ2v) is 5.54. The molecule has 0 saturated heterocycles. The van der Waals surface area contributed by atoms with E-state index >= 15 is 0 Å². The van der Waals surface area contributed by atoms with Gasteiger partial charge in [0, 0.05) is 12.1 Å². The predicted molar refractivity (Wildman–Crippen MR) is 77.9 cm³/mol. The number of rotatable bonds is 5. The van der Waals surface area contributed by atoms with E-state index in [0.717, 1.165) is 17.5 Å². The quantitative estimate of drug-likeness (QED) is 0.703. The van der Waals surface area contributed by atoms with Crippen LogP contribution in [-0.4, -0.2) is 21.5 Å². The first-order valence-corrected chi connectivity index (χ1v) is 7.54. The highest BCUT2D eigenvalue weighted by Crippen LogP contribution is 2.15. The summed E-state index contributed by atoms with van der Waals surface area (Å²) in [6.07, 6.45) is 0.738. The summed E-state index contributed by atoms with van der Waals surface area (Å²) in [7, 11) is -3.52. The van der Waals surface area contributed by atoms with Crippen LogP contribution in [0.25, 0.3) is 0 Å². The van der Waals surface area contributed by atoms with Crippen LogP contribution in [0.15, 0.2) is 18.2 Å². The lowest BCUT2D eigenvalue weighted by atomic mass is 10.1. The van der Waals surface area contributed by atoms with Gasteiger partial charge in [-0.1, -0.05) is 24.8 Å². The van der Waals surface area contributed by atoms with Crippen molar-refractivity contribution in [2.24, 2.45) is 5.73 Å². The van der Waals surface area contributed by atoms with Crippen LogP contribution in [0, 0.1) is 18.8 Å². The molecule has 0 atom stereocenters. The first-order chi connectivity index (χ1) is 8.98. The molecule has 1 aromatic rings. The maximum Gasteiger partial charge on any atom is 0.299 e. The fourth-order valence-corrected chi connectivity index (χ4v) is 2.38. The molecule has 0 spiro atoms. The SMILES string of the molecule is CCCNS(=O)(=O)Nc1ccc(C)c(C#CCN)c1. The number of hydrogen-bond acceptors (Lipinski definition) is 3. The van der Waals surface area contributed by atoms with Gasteiger partial charge >= 0.3 is 0 Å². The Labute approximate surface area is 114 Å². The average Bonchev–Trinajstić information content (AvgIpc) is 2.37. The maximum absolute atomic E-state index is 11.7. The topological polar surface area (TPSA) is 84.2 Å². The molecule has 0 aromatic heterocycles. The molecule has 0 saturated carbocycles. The molecular weight excluding hydrogens is 262 g/mol. The molecule has 0 aliphatic heterocycles. The van der Waals surface area contributed by atoms with Crippen LogP contribution < -0.4 is 15.2 Å². The van der Waals surface area contributed by atoms with Gasteiger partial charge in [0.1, 0.15) is 0 Å². The summed E-state index contributed by atoms with van der Waals surface area (Å²) in [5, 5.41) is 0. The molecule has 4 N–H and O–H groups in total. The van der Waals surface area contributed by atoms with Gasteiger partial charge < -0.3 is 5.73 Å². The van der Waals surface area contributed by atoms with Crippen LogP contribution in [0.1, 0.15) is 24.5 Å². The summed E-state index contributed by atoms with van der Waals surface area (Å²) >= 11 is 0. The van der Waals surface area contributed by atoms with Gasteiger partial charge in [-0.15, -0.1) is 0 Å². The zero-order chi connectivity index (χ0) is 14.3. The highest BCUT2D eigenvalue weighted by atomic mass is 32.2. The lowest BCUT2D eigenvalue weighted by Gasteiger charge is -2.09. The van der Waals surface area contributed by atoms with E-state index in [1.807, 2.05) is 19.9 Å². The van der Waals surface area contributed by atoms with Crippen LogP contribution in [0.5, 0.6) is 0 Å². The molecule has 5 nitrogen and oxygen atoms in total. The summed E-state index contributed by atoms with van der Waals surface area (Å²) < 4.78 is 28.3. The number of nitrogens with two attached hydrogens (primary N) is 1. The highest BCUT2D eigenvalue weighted by molar-refractivity contribution is 7.90. The highest BCUT2D eigenvalue weighted by Gasteiger charge is 2.09. The van der Waals surface area contributed by atoms with Gasteiger partial charge in [0.15, 0.2) is 0 Å². The molecule has 0 aliphatic carbocycles. The summed E-state index contributed by atoms with van der Waals surface area (Å²) in [5.41, 5.74) is 7.55. The fourth-order valence-electron chi connectivity index (χ4n) is 1.39. The minimum Gasteiger partial charge on any atom is -0.320 e. The van der Waals surface area contributed by atoms with E-state index in [9.17, 15) is 8.42 Å². The van der Waals surface area contributed by atoms with Crippen molar-refractivity contribution in [2.45, 2.75) is 20.3 Å². The maximum atomic E-state index is 11.7. The van der Waals surface area contributed by atoms with Gasteiger partial charge in [0.05, 0.1) is 12.2 Å². The zero-order valence-electron chi connectivity index (χ0n) is 11.2. The standard InChI is InChI=1S/C13H19N3O2S/c1-3-9-15-19(17,18)16-13-7-6-11(2)12(10-13)5-4-8-14/h6-7,10,15-16H,3,8-9,14H2,1-2H3. The van der Waals surface area contributed by atoms with Gasteiger partial charge in [-0.2, -0.15) is 13.1 Å². The van der Waals surface area contributed by atoms with E-state index in [4.69, 9.17) is 5.73 Å². The molecule has 0 unspecified atom stereocenters. The summed E-state index contributed by atoms with van der Waals surface area (Å²) in [6, 6.07) is 5.22. The zero-order valence-corrected chi connectivity index (χ0v) is 12.0. The molecular formula is C13H19N3O2S. The Morgan fingerprint density at radius 2 is 2.11 bits per heavy atom. The molecule has 6 heteroatoms. The molecule has 104 valence electrons. The van der Waals surface area contributed by atoms with Gasteiger partial charge in [0.25, 0.3) is 10.2 Å². The molecule has 0 amide bonds. The van der Waals surface area contributed by atoms with Crippen LogP contribution >= 0.6 is 0 Å². The van der Waals surface area contributed by atoms with Gasteiger partial charge in [-0.25, -0.2) is 0 Å². The number of nitrogens with one attached hydrogen (secondary N) is 2. The molecule has 1 aromatic carbocycles. The Morgan fingerprint density at radius 1 is 1.37 bits per heavy atom. The summed E-state index contributed by atoms with van der Waals surface area (Å²) in [4.78, 5) is 0. The van der Waals surface area contributed by atoms with Crippen molar-refractivity contribution in [3.05, 3.63) is 29.3 Å². The Balaban J connectivity index is 2.91. The van der Waals surface area contributed by atoms with Crippen molar-refractivity contribution in [1.82, 2.24) is 4.72 Å². The van der Waals surface area contributed by atoms with E-state index in [1.165, 1.54) is 0 Å². The van der Waals surface area contributed by atoms with Crippen molar-refractivity contribution < 1.29 is 8.42 Å². The number of anilines is 1. The Hall–Kier alpha value is -1.55. The molecule has 0 aliphatic rings. The van der Waals surface area contributed by atoms with E-state index in [0.29, 0.717) is 12.2 Å². The second-order valence-electron chi connectivity index (χ2n) is 4.04. The lowest BCUT2D eigenvalue weighted by Crippen LogP contribution is -2.30. The smallest absolute Gasteiger partial charge is 0.299 e. The fraction of sp³-hybridized carbons (Fsp3) is 0.385. The van der Waals surface area contributed by atoms with Crippen molar-refractivity contribution in [3.8, 4) is 11.8 Å². The van der Waals surface area contributed by atoms with Crippen LogP contribution in [0.4, 0.5) is 5.69 Å². The minimum atomic E-state index is -3.52. The number of hydrogen-bond donors (Lipinski definition) is 3. The first-order valence-electron chi connectivity index (χ1n) is 6.05. The van der Waals surface area contributed by atoms with E-state index in [-0.39, 0.29) is 6.54 Å². The summed E-state index contributed by atoms with van der Waals surface area (Å²) in [6.45, 7) is 4.48. The van der Waals surface area contributed by atoms with Crippen LogP contribution in [-0.2, 0) is 10.2 Å².